The number of carboxylic acid groups (broad SMARTS) is 1. The molecule has 2 N–H and O–H groups in total. The summed E-state index contributed by atoms with van der Waals surface area (Å²) in [6.45, 7) is 7.14. The molecular weight excluding hydrogens is 348 g/mol. The third kappa shape index (κ3) is 6.61. The molecule has 3 aliphatic rings. The van der Waals surface area contributed by atoms with Crippen molar-refractivity contribution in [2.24, 2.45) is 29.1 Å². The number of carboxylic acids is 1. The Morgan fingerprint density at radius 3 is 2.57 bits per heavy atom. The van der Waals surface area contributed by atoms with Crippen LogP contribution in [0.2, 0.25) is 0 Å². The molecule has 3 aliphatic carbocycles. The summed E-state index contributed by atoms with van der Waals surface area (Å²) in [6.07, 6.45) is 18.2. The largest absolute Gasteiger partial charge is 0.481 e. The molecule has 3 heteroatoms. The minimum atomic E-state index is -0.687. The van der Waals surface area contributed by atoms with Crippen molar-refractivity contribution in [2.75, 3.05) is 0 Å². The molecule has 0 spiro atoms. The third-order valence-electron chi connectivity index (χ3n) is 7.85. The van der Waals surface area contributed by atoms with Crippen molar-refractivity contribution < 1.29 is 15.0 Å². The van der Waals surface area contributed by atoms with Crippen LogP contribution in [0.5, 0.6) is 0 Å². The number of hydrogen-bond donors (Lipinski definition) is 2. The van der Waals surface area contributed by atoms with Gasteiger partial charge in [-0.25, -0.2) is 0 Å². The van der Waals surface area contributed by atoms with Gasteiger partial charge in [0.15, 0.2) is 0 Å². The molecule has 0 radical (unpaired) electrons. The van der Waals surface area contributed by atoms with Crippen molar-refractivity contribution >= 4 is 5.97 Å². The van der Waals surface area contributed by atoms with Crippen molar-refractivity contribution in [2.45, 2.75) is 110 Å². The summed E-state index contributed by atoms with van der Waals surface area (Å²) in [5.74, 6) is 2.57. The Hall–Kier alpha value is -0.830. The van der Waals surface area contributed by atoms with Crippen LogP contribution in [0, 0.1) is 29.1 Å². The molecule has 0 heterocycles. The van der Waals surface area contributed by atoms with Crippen LogP contribution in [0.1, 0.15) is 104 Å². The second kappa shape index (κ2) is 11.4. The monoisotopic (exact) mass is 392 g/mol. The summed E-state index contributed by atoms with van der Waals surface area (Å²) in [6, 6.07) is 0. The summed E-state index contributed by atoms with van der Waals surface area (Å²) in [5, 5.41) is 19.1. The fraction of sp³-hybridized carbons (Fsp3) is 0.880. The molecule has 5 unspecified atom stereocenters. The van der Waals surface area contributed by atoms with Crippen LogP contribution in [0.25, 0.3) is 0 Å². The highest BCUT2D eigenvalue weighted by Crippen LogP contribution is 2.64. The number of allylic oxidation sites excluding steroid dienone is 2. The zero-order valence-corrected chi connectivity index (χ0v) is 18.5. The van der Waals surface area contributed by atoms with Crippen LogP contribution in [0.4, 0.5) is 0 Å². The first-order valence-electron chi connectivity index (χ1n) is 11.9. The summed E-state index contributed by atoms with van der Waals surface area (Å²) >= 11 is 0. The minimum absolute atomic E-state index is 0.108. The van der Waals surface area contributed by atoms with Gasteiger partial charge in [-0.1, -0.05) is 52.2 Å². The number of fused-ring (bicyclic) bond motifs is 2. The Kier molecular flexibility index (Phi) is 9.53. The van der Waals surface area contributed by atoms with E-state index in [4.69, 9.17) is 5.11 Å². The molecular formula is C25H44O3. The van der Waals surface area contributed by atoms with Gasteiger partial charge in [0.05, 0.1) is 6.10 Å². The number of hydrogen-bond acceptors (Lipinski definition) is 2. The maximum Gasteiger partial charge on any atom is 0.303 e. The van der Waals surface area contributed by atoms with Crippen molar-refractivity contribution in [3.63, 3.8) is 0 Å². The molecule has 3 fully saturated rings. The molecule has 0 aromatic rings. The Morgan fingerprint density at radius 2 is 1.89 bits per heavy atom. The summed E-state index contributed by atoms with van der Waals surface area (Å²) in [7, 11) is 0. The average Bonchev–Trinajstić information content (AvgIpc) is 2.65. The molecule has 0 saturated heterocycles. The van der Waals surface area contributed by atoms with E-state index in [1.54, 1.807) is 0 Å². The van der Waals surface area contributed by atoms with Gasteiger partial charge in [0.1, 0.15) is 0 Å². The van der Waals surface area contributed by atoms with E-state index in [-0.39, 0.29) is 12.5 Å². The zero-order valence-electron chi connectivity index (χ0n) is 18.5. The average molecular weight is 393 g/mol. The fourth-order valence-corrected chi connectivity index (χ4v) is 5.83. The smallest absolute Gasteiger partial charge is 0.303 e. The van der Waals surface area contributed by atoms with E-state index in [0.717, 1.165) is 68.6 Å². The Bertz CT molecular complexity index is 496. The van der Waals surface area contributed by atoms with E-state index in [1.807, 2.05) is 0 Å². The second-order valence-corrected chi connectivity index (χ2v) is 10.1. The molecule has 162 valence electrons. The van der Waals surface area contributed by atoms with Crippen LogP contribution in [-0.4, -0.2) is 22.3 Å². The molecule has 28 heavy (non-hydrogen) atoms. The highest BCUT2D eigenvalue weighted by molar-refractivity contribution is 5.66. The molecule has 5 atom stereocenters. The lowest BCUT2D eigenvalue weighted by Gasteiger charge is -2.63. The standard InChI is InChI=1S/C25H44O3/c1-4-5-9-12-21(26)16-15-19-17-20-18-23(25(20,2)3)22(19)13-10-7-6-8-11-14-24(27)28/h7,10,19-23,26H,4-6,8-9,11-18H2,1-3H3,(H,27,28)/b10-7+. The van der Waals surface area contributed by atoms with E-state index < -0.39 is 5.97 Å². The molecule has 0 aliphatic heterocycles. The van der Waals surface area contributed by atoms with Crippen LogP contribution in [0.3, 0.4) is 0 Å². The van der Waals surface area contributed by atoms with Gasteiger partial charge in [0.2, 0.25) is 0 Å². The zero-order chi connectivity index (χ0) is 20.6. The third-order valence-corrected chi connectivity index (χ3v) is 7.85. The minimum Gasteiger partial charge on any atom is -0.481 e. The molecule has 2 bridgehead atoms. The van der Waals surface area contributed by atoms with Gasteiger partial charge in [0, 0.05) is 6.42 Å². The molecule has 0 aromatic heterocycles. The lowest BCUT2D eigenvalue weighted by Crippen LogP contribution is -2.55. The van der Waals surface area contributed by atoms with Crippen LogP contribution < -0.4 is 0 Å². The Labute approximate surface area is 173 Å². The molecule has 3 nitrogen and oxygen atoms in total. The summed E-state index contributed by atoms with van der Waals surface area (Å²) < 4.78 is 0. The van der Waals surface area contributed by atoms with Gasteiger partial charge in [-0.2, -0.15) is 0 Å². The van der Waals surface area contributed by atoms with Crippen molar-refractivity contribution in [1.29, 1.82) is 0 Å². The fourth-order valence-electron chi connectivity index (χ4n) is 5.83. The number of aliphatic carboxylic acids is 1. The van der Waals surface area contributed by atoms with Crippen molar-refractivity contribution in [1.82, 2.24) is 0 Å². The second-order valence-electron chi connectivity index (χ2n) is 10.1. The maximum atomic E-state index is 10.6. The van der Waals surface area contributed by atoms with Crippen molar-refractivity contribution in [3.8, 4) is 0 Å². The van der Waals surface area contributed by atoms with Gasteiger partial charge < -0.3 is 10.2 Å². The van der Waals surface area contributed by atoms with Gasteiger partial charge in [-0.05, 0) is 86.9 Å². The summed E-state index contributed by atoms with van der Waals surface area (Å²) in [4.78, 5) is 10.6. The topological polar surface area (TPSA) is 57.5 Å². The van der Waals surface area contributed by atoms with Crippen LogP contribution in [-0.2, 0) is 4.79 Å². The van der Waals surface area contributed by atoms with Gasteiger partial charge in [-0.3, -0.25) is 4.79 Å². The predicted octanol–water partition coefficient (Wildman–Crippen LogP) is 6.60. The van der Waals surface area contributed by atoms with Gasteiger partial charge >= 0.3 is 5.97 Å². The number of unbranched alkanes of at least 4 members (excludes halogenated alkanes) is 4. The van der Waals surface area contributed by atoms with E-state index in [2.05, 4.69) is 32.9 Å². The molecule has 3 saturated carbocycles. The first kappa shape index (κ1) is 23.4. The van der Waals surface area contributed by atoms with Gasteiger partial charge in [0.25, 0.3) is 0 Å². The maximum absolute atomic E-state index is 10.6. The quantitative estimate of drug-likeness (QED) is 0.259. The molecule has 3 rings (SSSR count). The molecule has 0 aromatic carbocycles. The van der Waals surface area contributed by atoms with E-state index in [9.17, 15) is 9.90 Å². The van der Waals surface area contributed by atoms with Gasteiger partial charge in [-0.15, -0.1) is 0 Å². The Morgan fingerprint density at radius 1 is 1.11 bits per heavy atom. The first-order valence-corrected chi connectivity index (χ1v) is 11.9. The first-order chi connectivity index (χ1) is 13.4. The van der Waals surface area contributed by atoms with E-state index in [0.29, 0.717) is 5.41 Å². The number of carbonyl (C=O) groups is 1. The highest BCUT2D eigenvalue weighted by atomic mass is 16.4. The van der Waals surface area contributed by atoms with Crippen molar-refractivity contribution in [3.05, 3.63) is 12.2 Å². The normalized spacial score (nSPS) is 29.6. The van der Waals surface area contributed by atoms with Crippen LogP contribution >= 0.6 is 0 Å². The van der Waals surface area contributed by atoms with E-state index in [1.165, 1.54) is 32.1 Å². The highest BCUT2D eigenvalue weighted by Gasteiger charge is 2.56. The number of aliphatic hydroxyl groups excluding tert-OH is 1. The number of rotatable bonds is 14. The predicted molar refractivity (Wildman–Crippen MR) is 116 cm³/mol. The lowest BCUT2D eigenvalue weighted by molar-refractivity contribution is -0.137. The lowest BCUT2D eigenvalue weighted by atomic mass is 9.42. The number of aliphatic hydroxyl groups is 1. The van der Waals surface area contributed by atoms with Crippen LogP contribution in [0.15, 0.2) is 12.2 Å². The molecule has 0 amide bonds. The summed E-state index contributed by atoms with van der Waals surface area (Å²) in [5.41, 5.74) is 0.496. The SMILES string of the molecule is CCCCCC(O)CCC1CC2CC(C1C/C=C/CCCCC(=O)O)C2(C)C. The van der Waals surface area contributed by atoms with E-state index >= 15 is 0 Å². The Balaban J connectivity index is 1.78.